The highest BCUT2D eigenvalue weighted by atomic mass is 16.5. The van der Waals surface area contributed by atoms with E-state index in [1.165, 1.54) is 116 Å². The van der Waals surface area contributed by atoms with Gasteiger partial charge in [-0.3, -0.25) is 0 Å². The number of ether oxygens (including phenoxy) is 3. The lowest BCUT2D eigenvalue weighted by Gasteiger charge is -2.50. The minimum atomic E-state index is 0.481. The summed E-state index contributed by atoms with van der Waals surface area (Å²) in [6.07, 6.45) is 28.1. The molecule has 3 aliphatic carbocycles. The van der Waals surface area contributed by atoms with E-state index in [-0.39, 0.29) is 0 Å². The molecule has 0 amide bonds. The fourth-order valence-corrected chi connectivity index (χ4v) is 12.2. The van der Waals surface area contributed by atoms with E-state index in [1.807, 2.05) is 0 Å². The van der Waals surface area contributed by atoms with Crippen molar-refractivity contribution < 1.29 is 14.2 Å². The van der Waals surface area contributed by atoms with E-state index in [1.54, 1.807) is 0 Å². The molecule has 9 unspecified atom stereocenters. The summed E-state index contributed by atoms with van der Waals surface area (Å²) in [5.74, 6) is 5.49. The van der Waals surface area contributed by atoms with Crippen LogP contribution in [0.4, 0.5) is 0 Å². The zero-order valence-electron chi connectivity index (χ0n) is 34.4. The summed E-state index contributed by atoms with van der Waals surface area (Å²) in [5, 5.41) is 0. The van der Waals surface area contributed by atoms with Gasteiger partial charge in [0.1, 0.15) is 0 Å². The van der Waals surface area contributed by atoms with Gasteiger partial charge in [0, 0.05) is 0 Å². The third-order valence-corrected chi connectivity index (χ3v) is 15.0. The summed E-state index contributed by atoms with van der Waals surface area (Å²) in [6.45, 7) is 27.9. The van der Waals surface area contributed by atoms with Crippen LogP contribution in [0.3, 0.4) is 0 Å². The first-order valence-corrected chi connectivity index (χ1v) is 21.5. The van der Waals surface area contributed by atoms with E-state index < -0.39 is 0 Å². The molecule has 0 bridgehead atoms. The highest BCUT2D eigenvalue weighted by molar-refractivity contribution is 4.95. The van der Waals surface area contributed by atoms with Crippen molar-refractivity contribution in [3.8, 4) is 0 Å². The Kier molecular flexibility index (Phi) is 14.9. The fourth-order valence-electron chi connectivity index (χ4n) is 12.2. The second-order valence-electron chi connectivity index (χ2n) is 20.1. The van der Waals surface area contributed by atoms with Crippen molar-refractivity contribution in [2.24, 2.45) is 51.8 Å². The molecule has 3 heterocycles. The molecule has 3 heteroatoms. The average molecular weight is 673 g/mol. The molecule has 3 nitrogen and oxygen atoms in total. The van der Waals surface area contributed by atoms with Crippen LogP contribution in [0.5, 0.6) is 0 Å². The molecular formula is C45H84O3. The molecule has 3 saturated carbocycles. The van der Waals surface area contributed by atoms with Crippen molar-refractivity contribution in [1.29, 1.82) is 0 Å². The molecule has 6 rings (SSSR count). The van der Waals surface area contributed by atoms with Gasteiger partial charge in [-0.25, -0.2) is 0 Å². The summed E-state index contributed by atoms with van der Waals surface area (Å²) >= 11 is 0. The lowest BCUT2D eigenvalue weighted by Crippen LogP contribution is -2.45. The van der Waals surface area contributed by atoms with Crippen LogP contribution in [0.15, 0.2) is 0 Å². The van der Waals surface area contributed by atoms with Gasteiger partial charge in [0.2, 0.25) is 0 Å². The predicted molar refractivity (Wildman–Crippen MR) is 205 cm³/mol. The Morgan fingerprint density at radius 1 is 0.396 bits per heavy atom. The van der Waals surface area contributed by atoms with Crippen molar-refractivity contribution in [3.05, 3.63) is 0 Å². The monoisotopic (exact) mass is 673 g/mol. The SMILES string of the molecule is CC1CC2(CCC(C(C)C)CC2)CC(C)O1.CC1CC2(CCCC(C(C)C)C2)CC(C)O1.CC1CCC2(CCCC(C(C)C)C2)C(C)O1. The van der Waals surface area contributed by atoms with Crippen LogP contribution in [-0.2, 0) is 14.2 Å². The minimum absolute atomic E-state index is 0.481. The maximum absolute atomic E-state index is 6.11. The first kappa shape index (κ1) is 40.6. The van der Waals surface area contributed by atoms with E-state index in [9.17, 15) is 0 Å². The number of hydrogen-bond acceptors (Lipinski definition) is 3. The van der Waals surface area contributed by atoms with Crippen LogP contribution in [0.2, 0.25) is 0 Å². The molecule has 9 atom stereocenters. The average Bonchev–Trinajstić information content (AvgIpc) is 2.99. The van der Waals surface area contributed by atoms with Crippen LogP contribution in [0, 0.1) is 51.8 Å². The van der Waals surface area contributed by atoms with Crippen LogP contribution in [-0.4, -0.2) is 36.6 Å². The highest BCUT2D eigenvalue weighted by Gasteiger charge is 2.45. The lowest BCUT2D eigenvalue weighted by molar-refractivity contribution is -0.136. The van der Waals surface area contributed by atoms with Crippen molar-refractivity contribution in [1.82, 2.24) is 0 Å². The second kappa shape index (κ2) is 17.6. The van der Waals surface area contributed by atoms with Gasteiger partial charge in [-0.1, -0.05) is 67.2 Å². The Hall–Kier alpha value is -0.120. The van der Waals surface area contributed by atoms with E-state index >= 15 is 0 Å². The second-order valence-corrected chi connectivity index (χ2v) is 20.1. The van der Waals surface area contributed by atoms with Crippen LogP contribution < -0.4 is 0 Å². The molecule has 6 fully saturated rings. The zero-order chi connectivity index (χ0) is 35.3. The minimum Gasteiger partial charge on any atom is -0.376 e. The Morgan fingerprint density at radius 3 is 1.33 bits per heavy atom. The Bertz CT molecular complexity index is 911. The van der Waals surface area contributed by atoms with Crippen molar-refractivity contribution in [2.45, 2.75) is 235 Å². The van der Waals surface area contributed by atoms with Crippen molar-refractivity contribution >= 4 is 0 Å². The third-order valence-electron chi connectivity index (χ3n) is 15.0. The molecule has 0 radical (unpaired) electrons. The molecule has 282 valence electrons. The molecule has 48 heavy (non-hydrogen) atoms. The van der Waals surface area contributed by atoms with Gasteiger partial charge in [-0.15, -0.1) is 0 Å². The van der Waals surface area contributed by atoms with Gasteiger partial charge in [0.05, 0.1) is 36.6 Å². The lowest BCUT2D eigenvalue weighted by atomic mass is 9.61. The zero-order valence-corrected chi connectivity index (χ0v) is 34.4. The summed E-state index contributed by atoms with van der Waals surface area (Å²) in [6, 6.07) is 0. The van der Waals surface area contributed by atoms with E-state index in [0.29, 0.717) is 52.9 Å². The Morgan fingerprint density at radius 2 is 0.854 bits per heavy atom. The normalized spacial score (nSPS) is 45.2. The largest absolute Gasteiger partial charge is 0.376 e. The standard InChI is InChI=1S/3C15H28O/c1-11(2)14-5-7-15(8-6-14)9-12(3)16-13(4)10-15;1-11(2)14-6-5-8-15(10-14)9-7-12(3)16-13(15)4;1-11(2)14-6-5-7-15(10-14)8-12(3)16-13(4)9-15/h3*11-14H,5-10H2,1-4H3. The summed E-state index contributed by atoms with van der Waals surface area (Å²) < 4.78 is 17.9. The first-order valence-electron chi connectivity index (χ1n) is 21.5. The van der Waals surface area contributed by atoms with Crippen LogP contribution in [0.1, 0.15) is 199 Å². The molecule has 3 aliphatic heterocycles. The van der Waals surface area contributed by atoms with Gasteiger partial charge in [0.15, 0.2) is 0 Å². The van der Waals surface area contributed by atoms with Gasteiger partial charge in [-0.05, 0) is 183 Å². The van der Waals surface area contributed by atoms with E-state index in [4.69, 9.17) is 14.2 Å². The molecule has 0 aromatic heterocycles. The molecule has 6 aliphatic rings. The summed E-state index contributed by atoms with van der Waals surface area (Å²) in [7, 11) is 0. The predicted octanol–water partition coefficient (Wildman–Crippen LogP) is 13.2. The number of rotatable bonds is 3. The number of hydrogen-bond donors (Lipinski definition) is 0. The van der Waals surface area contributed by atoms with Crippen molar-refractivity contribution in [2.75, 3.05) is 0 Å². The van der Waals surface area contributed by atoms with Crippen LogP contribution in [0.25, 0.3) is 0 Å². The summed E-state index contributed by atoms with van der Waals surface area (Å²) in [5.41, 5.74) is 1.80. The van der Waals surface area contributed by atoms with Gasteiger partial charge >= 0.3 is 0 Å². The topological polar surface area (TPSA) is 27.7 Å². The van der Waals surface area contributed by atoms with Gasteiger partial charge in [0.25, 0.3) is 0 Å². The molecule has 0 aromatic carbocycles. The smallest absolute Gasteiger partial charge is 0.0606 e. The fraction of sp³-hybridized carbons (Fsp3) is 1.00. The summed E-state index contributed by atoms with van der Waals surface area (Å²) in [4.78, 5) is 0. The van der Waals surface area contributed by atoms with Gasteiger partial charge in [-0.2, -0.15) is 0 Å². The van der Waals surface area contributed by atoms with E-state index in [0.717, 1.165) is 35.5 Å². The molecule has 0 aromatic rings. The van der Waals surface area contributed by atoms with Crippen molar-refractivity contribution in [3.63, 3.8) is 0 Å². The molecule has 3 spiro atoms. The maximum atomic E-state index is 6.11. The van der Waals surface area contributed by atoms with E-state index in [2.05, 4.69) is 83.1 Å². The molecule has 3 saturated heterocycles. The Labute approximate surface area is 300 Å². The third kappa shape index (κ3) is 10.9. The molecular weight excluding hydrogens is 588 g/mol. The maximum Gasteiger partial charge on any atom is 0.0606 e. The first-order chi connectivity index (χ1) is 22.5. The van der Waals surface area contributed by atoms with Gasteiger partial charge < -0.3 is 14.2 Å². The molecule has 0 N–H and O–H groups in total. The van der Waals surface area contributed by atoms with Crippen LogP contribution >= 0.6 is 0 Å². The Balaban J connectivity index is 0.000000163. The quantitative estimate of drug-likeness (QED) is 0.299. The highest BCUT2D eigenvalue weighted by Crippen LogP contribution is 2.53.